The van der Waals surface area contributed by atoms with Gasteiger partial charge in [0.25, 0.3) is 0 Å². The summed E-state index contributed by atoms with van der Waals surface area (Å²) >= 11 is 1.40. The minimum Gasteiger partial charge on any atom is -0.389 e. The third kappa shape index (κ3) is 3.12. The Labute approximate surface area is 99.3 Å². The molecule has 0 bridgehead atoms. The molecule has 2 N–H and O–H groups in total. The molecule has 6 heteroatoms. The number of aromatic nitrogens is 3. The van der Waals surface area contributed by atoms with E-state index < -0.39 is 5.60 Å². The second-order valence-corrected chi connectivity index (χ2v) is 5.36. The Morgan fingerprint density at radius 2 is 2.25 bits per heavy atom. The molecule has 0 aliphatic rings. The van der Waals surface area contributed by atoms with Gasteiger partial charge in [0.05, 0.1) is 5.60 Å². The first kappa shape index (κ1) is 13.3. The standard InChI is InChI=1S/C10H19N3O2S/c1-5-10(4,15)6-16-9-12-11-8(14)13(9)7(2)3/h7,15H,5-6H2,1-4H3,(H,11,14). The van der Waals surface area contributed by atoms with Gasteiger partial charge in [0.2, 0.25) is 0 Å². The number of H-pyrrole nitrogens is 1. The van der Waals surface area contributed by atoms with Crippen molar-refractivity contribution in [1.29, 1.82) is 0 Å². The number of nitrogens with zero attached hydrogens (tertiary/aromatic N) is 2. The molecular formula is C10H19N3O2S. The fourth-order valence-corrected chi connectivity index (χ4v) is 2.36. The Morgan fingerprint density at radius 1 is 1.62 bits per heavy atom. The molecule has 1 aromatic rings. The summed E-state index contributed by atoms with van der Waals surface area (Å²) in [5.74, 6) is 0.528. The smallest absolute Gasteiger partial charge is 0.344 e. The third-order valence-electron chi connectivity index (χ3n) is 2.46. The highest BCUT2D eigenvalue weighted by atomic mass is 32.2. The van der Waals surface area contributed by atoms with E-state index in [1.54, 1.807) is 11.5 Å². The van der Waals surface area contributed by atoms with Crippen molar-refractivity contribution in [2.45, 2.75) is 50.9 Å². The van der Waals surface area contributed by atoms with Crippen LogP contribution in [-0.4, -0.2) is 31.2 Å². The van der Waals surface area contributed by atoms with E-state index in [-0.39, 0.29) is 11.7 Å². The second-order valence-electron chi connectivity index (χ2n) is 4.41. The minimum atomic E-state index is -0.721. The highest BCUT2D eigenvalue weighted by molar-refractivity contribution is 7.99. The van der Waals surface area contributed by atoms with Crippen molar-refractivity contribution in [2.24, 2.45) is 0 Å². The topological polar surface area (TPSA) is 70.9 Å². The summed E-state index contributed by atoms with van der Waals surface area (Å²) in [5, 5.41) is 16.9. The number of thioether (sulfide) groups is 1. The van der Waals surface area contributed by atoms with Crippen molar-refractivity contribution in [3.05, 3.63) is 10.5 Å². The monoisotopic (exact) mass is 245 g/mol. The molecule has 0 aliphatic carbocycles. The first-order chi connectivity index (χ1) is 7.37. The predicted molar refractivity (Wildman–Crippen MR) is 64.9 cm³/mol. The van der Waals surface area contributed by atoms with Crippen molar-refractivity contribution in [2.75, 3.05) is 5.75 Å². The predicted octanol–water partition coefficient (Wildman–Crippen LogP) is 1.41. The van der Waals surface area contributed by atoms with Gasteiger partial charge in [-0.1, -0.05) is 18.7 Å². The average Bonchev–Trinajstić information content (AvgIpc) is 2.57. The number of hydrogen-bond acceptors (Lipinski definition) is 4. The van der Waals surface area contributed by atoms with Gasteiger partial charge in [-0.2, -0.15) is 0 Å². The summed E-state index contributed by atoms with van der Waals surface area (Å²) in [6.45, 7) is 7.57. The van der Waals surface area contributed by atoms with Crippen LogP contribution in [0.2, 0.25) is 0 Å². The van der Waals surface area contributed by atoms with Gasteiger partial charge in [-0.3, -0.25) is 4.57 Å². The van der Waals surface area contributed by atoms with Crippen molar-refractivity contribution in [3.63, 3.8) is 0 Å². The lowest BCUT2D eigenvalue weighted by atomic mass is 10.1. The Morgan fingerprint density at radius 3 is 2.75 bits per heavy atom. The molecule has 16 heavy (non-hydrogen) atoms. The summed E-state index contributed by atoms with van der Waals surface area (Å²) in [4.78, 5) is 11.4. The second kappa shape index (κ2) is 5.05. The highest BCUT2D eigenvalue weighted by Gasteiger charge is 2.20. The van der Waals surface area contributed by atoms with Crippen molar-refractivity contribution in [3.8, 4) is 0 Å². The SMILES string of the molecule is CCC(C)(O)CSc1n[nH]c(=O)n1C(C)C. The van der Waals surface area contributed by atoms with Crippen molar-refractivity contribution >= 4 is 11.8 Å². The fourth-order valence-electron chi connectivity index (χ4n) is 1.17. The quantitative estimate of drug-likeness (QED) is 0.769. The van der Waals surface area contributed by atoms with Gasteiger partial charge >= 0.3 is 5.69 Å². The van der Waals surface area contributed by atoms with E-state index in [4.69, 9.17) is 0 Å². The largest absolute Gasteiger partial charge is 0.389 e. The Bertz CT molecular complexity index is 395. The molecule has 1 unspecified atom stereocenters. The van der Waals surface area contributed by atoms with Crippen LogP contribution in [-0.2, 0) is 0 Å². The molecule has 0 amide bonds. The molecule has 1 atom stereocenters. The van der Waals surface area contributed by atoms with E-state index in [2.05, 4.69) is 10.2 Å². The van der Waals surface area contributed by atoms with Gasteiger partial charge in [0.15, 0.2) is 5.16 Å². The molecule has 0 aliphatic heterocycles. The number of hydrogen-bond donors (Lipinski definition) is 2. The molecule has 92 valence electrons. The van der Waals surface area contributed by atoms with Gasteiger partial charge in [0.1, 0.15) is 0 Å². The maximum atomic E-state index is 11.4. The molecule has 5 nitrogen and oxygen atoms in total. The number of aliphatic hydroxyl groups is 1. The van der Waals surface area contributed by atoms with Crippen LogP contribution in [0.5, 0.6) is 0 Å². The maximum absolute atomic E-state index is 11.4. The third-order valence-corrected chi connectivity index (χ3v) is 3.77. The zero-order valence-electron chi connectivity index (χ0n) is 10.1. The number of aromatic amines is 1. The van der Waals surface area contributed by atoms with Gasteiger partial charge < -0.3 is 5.11 Å². The van der Waals surface area contributed by atoms with Crippen LogP contribution in [0.25, 0.3) is 0 Å². The van der Waals surface area contributed by atoms with Crippen LogP contribution < -0.4 is 5.69 Å². The lowest BCUT2D eigenvalue weighted by Gasteiger charge is -2.20. The van der Waals surface area contributed by atoms with E-state index in [0.717, 1.165) is 0 Å². The lowest BCUT2D eigenvalue weighted by Crippen LogP contribution is -2.26. The Kier molecular flexibility index (Phi) is 4.21. The van der Waals surface area contributed by atoms with E-state index >= 15 is 0 Å². The number of rotatable bonds is 5. The van der Waals surface area contributed by atoms with Crippen LogP contribution in [0.15, 0.2) is 9.95 Å². The molecule has 0 saturated carbocycles. The molecule has 1 heterocycles. The molecule has 0 radical (unpaired) electrons. The first-order valence-corrected chi connectivity index (χ1v) is 6.38. The van der Waals surface area contributed by atoms with Crippen LogP contribution >= 0.6 is 11.8 Å². The van der Waals surface area contributed by atoms with Crippen LogP contribution in [0, 0.1) is 0 Å². The minimum absolute atomic E-state index is 0.0697. The summed E-state index contributed by atoms with van der Waals surface area (Å²) in [7, 11) is 0. The van der Waals surface area contributed by atoms with Crippen molar-refractivity contribution in [1.82, 2.24) is 14.8 Å². The first-order valence-electron chi connectivity index (χ1n) is 5.39. The van der Waals surface area contributed by atoms with Gasteiger partial charge in [0, 0.05) is 11.8 Å². The van der Waals surface area contributed by atoms with Crippen LogP contribution in [0.3, 0.4) is 0 Å². The van der Waals surface area contributed by atoms with Crippen LogP contribution in [0.4, 0.5) is 0 Å². The van der Waals surface area contributed by atoms with E-state index in [1.807, 2.05) is 20.8 Å². The summed E-state index contributed by atoms with van der Waals surface area (Å²) in [6, 6.07) is 0.0697. The average molecular weight is 245 g/mol. The van der Waals surface area contributed by atoms with Gasteiger partial charge in [-0.05, 0) is 27.2 Å². The summed E-state index contributed by atoms with van der Waals surface area (Å²) < 4.78 is 1.59. The molecule has 0 spiro atoms. The molecule has 0 fully saturated rings. The summed E-state index contributed by atoms with van der Waals surface area (Å²) in [5.41, 5.74) is -0.921. The maximum Gasteiger partial charge on any atom is 0.344 e. The highest BCUT2D eigenvalue weighted by Crippen LogP contribution is 2.23. The molecule has 1 rings (SSSR count). The van der Waals surface area contributed by atoms with E-state index in [0.29, 0.717) is 17.3 Å². The number of nitrogens with one attached hydrogen (secondary N) is 1. The normalized spacial score (nSPS) is 15.4. The van der Waals surface area contributed by atoms with Gasteiger partial charge in [-0.15, -0.1) is 5.10 Å². The van der Waals surface area contributed by atoms with Crippen LogP contribution in [0.1, 0.15) is 40.2 Å². The molecule has 0 saturated heterocycles. The zero-order valence-corrected chi connectivity index (χ0v) is 11.0. The zero-order chi connectivity index (χ0) is 12.3. The molecular weight excluding hydrogens is 226 g/mol. The molecule has 1 aromatic heterocycles. The lowest BCUT2D eigenvalue weighted by molar-refractivity contribution is 0.0815. The van der Waals surface area contributed by atoms with Gasteiger partial charge in [-0.25, -0.2) is 9.89 Å². The van der Waals surface area contributed by atoms with E-state index in [9.17, 15) is 9.90 Å². The van der Waals surface area contributed by atoms with Crippen molar-refractivity contribution < 1.29 is 5.11 Å². The summed E-state index contributed by atoms with van der Waals surface area (Å²) in [6.07, 6.45) is 0.677. The Hall–Kier alpha value is -0.750. The Balaban J connectivity index is 2.79. The van der Waals surface area contributed by atoms with E-state index in [1.165, 1.54) is 11.8 Å². The fraction of sp³-hybridized carbons (Fsp3) is 0.800. The molecule has 0 aromatic carbocycles.